The van der Waals surface area contributed by atoms with Crippen molar-refractivity contribution in [1.29, 1.82) is 0 Å². The molecule has 0 spiro atoms. The van der Waals surface area contributed by atoms with E-state index < -0.39 is 10.0 Å². The fourth-order valence-electron chi connectivity index (χ4n) is 2.78. The van der Waals surface area contributed by atoms with Crippen molar-refractivity contribution in [3.05, 3.63) is 52.0 Å². The minimum absolute atomic E-state index is 0.185. The van der Waals surface area contributed by atoms with Gasteiger partial charge in [-0.2, -0.15) is 0 Å². The van der Waals surface area contributed by atoms with Gasteiger partial charge in [0.15, 0.2) is 0 Å². The van der Waals surface area contributed by atoms with E-state index in [-0.39, 0.29) is 4.90 Å². The number of benzene rings is 2. The summed E-state index contributed by atoms with van der Waals surface area (Å²) in [6, 6.07) is 9.87. The van der Waals surface area contributed by atoms with Crippen LogP contribution in [0.25, 0.3) is 0 Å². The van der Waals surface area contributed by atoms with Gasteiger partial charge in [0, 0.05) is 23.1 Å². The van der Waals surface area contributed by atoms with Gasteiger partial charge in [0.1, 0.15) is 0 Å². The predicted octanol–water partition coefficient (Wildman–Crippen LogP) is 3.94. The molecule has 1 aliphatic rings. The lowest BCUT2D eigenvalue weighted by atomic mass is 10.2. The lowest BCUT2D eigenvalue weighted by Gasteiger charge is -2.30. The first-order valence-electron chi connectivity index (χ1n) is 7.78. The minimum atomic E-state index is -3.76. The van der Waals surface area contributed by atoms with E-state index in [0.717, 1.165) is 5.69 Å². The van der Waals surface area contributed by atoms with Crippen LogP contribution in [0.15, 0.2) is 41.3 Å². The van der Waals surface area contributed by atoms with E-state index in [2.05, 4.69) is 9.62 Å². The number of hydrogen-bond donors (Lipinski definition) is 1. The standard InChI is InChI=1S/C17H18Cl2N2O3S/c1-12-10-13(18)3-5-17(12)25(22,23)20-15-11-14(19)2-4-16(15)21-6-8-24-9-7-21/h2-5,10-11,20H,6-9H2,1H3. The molecule has 1 fully saturated rings. The lowest BCUT2D eigenvalue weighted by Crippen LogP contribution is -2.36. The predicted molar refractivity (Wildman–Crippen MR) is 101 cm³/mol. The van der Waals surface area contributed by atoms with Gasteiger partial charge in [0.25, 0.3) is 10.0 Å². The lowest BCUT2D eigenvalue weighted by molar-refractivity contribution is 0.123. The van der Waals surface area contributed by atoms with E-state index in [1.165, 1.54) is 6.07 Å². The molecule has 5 nitrogen and oxygen atoms in total. The summed E-state index contributed by atoms with van der Waals surface area (Å²) >= 11 is 12.0. The first-order valence-corrected chi connectivity index (χ1v) is 10.0. The number of aryl methyl sites for hydroxylation is 1. The summed E-state index contributed by atoms with van der Waals surface area (Å²) in [6.45, 7) is 4.30. The molecule has 1 N–H and O–H groups in total. The highest BCUT2D eigenvalue weighted by Gasteiger charge is 2.21. The summed E-state index contributed by atoms with van der Waals surface area (Å²) in [5, 5.41) is 0.954. The van der Waals surface area contributed by atoms with Gasteiger partial charge in [-0.1, -0.05) is 23.2 Å². The maximum Gasteiger partial charge on any atom is 0.262 e. The summed E-state index contributed by atoms with van der Waals surface area (Å²) in [5.74, 6) is 0. The van der Waals surface area contributed by atoms with Crippen molar-refractivity contribution in [3.8, 4) is 0 Å². The van der Waals surface area contributed by atoms with Crippen molar-refractivity contribution < 1.29 is 13.2 Å². The van der Waals surface area contributed by atoms with Gasteiger partial charge in [0.2, 0.25) is 0 Å². The number of rotatable bonds is 4. The van der Waals surface area contributed by atoms with E-state index in [9.17, 15) is 8.42 Å². The molecule has 0 radical (unpaired) electrons. The van der Waals surface area contributed by atoms with Gasteiger partial charge >= 0.3 is 0 Å². The molecule has 134 valence electrons. The van der Waals surface area contributed by atoms with Crippen LogP contribution >= 0.6 is 23.2 Å². The number of ether oxygens (including phenoxy) is 1. The first-order chi connectivity index (χ1) is 11.9. The van der Waals surface area contributed by atoms with Crippen molar-refractivity contribution in [1.82, 2.24) is 0 Å². The largest absolute Gasteiger partial charge is 0.378 e. The van der Waals surface area contributed by atoms with Crippen LogP contribution in [0.1, 0.15) is 5.56 Å². The zero-order valence-corrected chi connectivity index (χ0v) is 16.0. The first kappa shape index (κ1) is 18.3. The fraction of sp³-hybridized carbons (Fsp3) is 0.294. The zero-order chi connectivity index (χ0) is 18.0. The van der Waals surface area contributed by atoms with Gasteiger partial charge in [0.05, 0.1) is 29.5 Å². The van der Waals surface area contributed by atoms with Gasteiger partial charge in [-0.25, -0.2) is 8.42 Å². The molecule has 25 heavy (non-hydrogen) atoms. The van der Waals surface area contributed by atoms with Crippen LogP contribution in [0.4, 0.5) is 11.4 Å². The third-order valence-electron chi connectivity index (χ3n) is 3.98. The molecule has 0 amide bonds. The normalized spacial score (nSPS) is 15.2. The monoisotopic (exact) mass is 400 g/mol. The Hall–Kier alpha value is -1.47. The smallest absolute Gasteiger partial charge is 0.262 e. The Labute approximate surface area is 157 Å². The molecule has 0 atom stereocenters. The summed E-state index contributed by atoms with van der Waals surface area (Å²) in [7, 11) is -3.76. The summed E-state index contributed by atoms with van der Waals surface area (Å²) < 4.78 is 33.7. The Morgan fingerprint density at radius 3 is 2.36 bits per heavy atom. The summed E-state index contributed by atoms with van der Waals surface area (Å²) in [5.41, 5.74) is 1.81. The maximum absolute atomic E-state index is 12.8. The quantitative estimate of drug-likeness (QED) is 0.843. The summed E-state index contributed by atoms with van der Waals surface area (Å²) in [6.07, 6.45) is 0. The molecule has 0 bridgehead atoms. The van der Waals surface area contributed by atoms with Crippen molar-refractivity contribution in [3.63, 3.8) is 0 Å². The number of nitrogens with one attached hydrogen (secondary N) is 1. The number of sulfonamides is 1. The van der Waals surface area contributed by atoms with Crippen LogP contribution < -0.4 is 9.62 Å². The Balaban J connectivity index is 1.97. The fourth-order valence-corrected chi connectivity index (χ4v) is 4.48. The SMILES string of the molecule is Cc1cc(Cl)ccc1S(=O)(=O)Nc1cc(Cl)ccc1N1CCOCC1. The zero-order valence-electron chi connectivity index (χ0n) is 13.6. The number of nitrogens with zero attached hydrogens (tertiary/aromatic N) is 1. The van der Waals surface area contributed by atoms with Crippen molar-refractivity contribution in [2.75, 3.05) is 35.9 Å². The minimum Gasteiger partial charge on any atom is -0.378 e. The molecule has 0 aliphatic carbocycles. The van der Waals surface area contributed by atoms with Crippen molar-refractivity contribution in [2.24, 2.45) is 0 Å². The van der Waals surface area contributed by atoms with Crippen LogP contribution in [-0.2, 0) is 14.8 Å². The van der Waals surface area contributed by atoms with Gasteiger partial charge in [-0.15, -0.1) is 0 Å². The Bertz CT molecular complexity index is 881. The third kappa shape index (κ3) is 4.20. The molecule has 1 aliphatic heterocycles. The topological polar surface area (TPSA) is 58.6 Å². The Morgan fingerprint density at radius 2 is 1.68 bits per heavy atom. The highest BCUT2D eigenvalue weighted by Crippen LogP contribution is 2.32. The van der Waals surface area contributed by atoms with Gasteiger partial charge in [-0.3, -0.25) is 4.72 Å². The molecule has 8 heteroatoms. The highest BCUT2D eigenvalue weighted by molar-refractivity contribution is 7.92. The average Bonchev–Trinajstić information content (AvgIpc) is 2.55. The molecule has 2 aromatic carbocycles. The molecule has 0 unspecified atom stereocenters. The van der Waals surface area contributed by atoms with Crippen LogP contribution in [0.3, 0.4) is 0 Å². The molecular weight excluding hydrogens is 383 g/mol. The number of hydrogen-bond acceptors (Lipinski definition) is 4. The van der Waals surface area contributed by atoms with E-state index >= 15 is 0 Å². The molecule has 3 rings (SSSR count). The summed E-state index contributed by atoms with van der Waals surface area (Å²) in [4.78, 5) is 2.26. The number of morpholine rings is 1. The third-order valence-corrected chi connectivity index (χ3v) is 5.98. The van der Waals surface area contributed by atoms with Crippen LogP contribution in [0.5, 0.6) is 0 Å². The van der Waals surface area contributed by atoms with Gasteiger partial charge < -0.3 is 9.64 Å². The van der Waals surface area contributed by atoms with E-state index in [1.54, 1.807) is 31.2 Å². The van der Waals surface area contributed by atoms with Crippen LogP contribution in [0, 0.1) is 6.92 Å². The Kier molecular flexibility index (Phi) is 5.43. The molecule has 1 saturated heterocycles. The maximum atomic E-state index is 12.8. The van der Waals surface area contributed by atoms with Crippen molar-refractivity contribution in [2.45, 2.75) is 11.8 Å². The second-order valence-corrected chi connectivity index (χ2v) is 8.30. The molecule has 1 heterocycles. The second kappa shape index (κ2) is 7.41. The van der Waals surface area contributed by atoms with Crippen LogP contribution in [-0.4, -0.2) is 34.7 Å². The molecule has 0 saturated carbocycles. The van der Waals surface area contributed by atoms with Gasteiger partial charge in [-0.05, 0) is 48.9 Å². The highest BCUT2D eigenvalue weighted by atomic mass is 35.5. The second-order valence-electron chi connectivity index (χ2n) is 5.78. The average molecular weight is 401 g/mol. The Morgan fingerprint density at radius 1 is 1.04 bits per heavy atom. The van der Waals surface area contributed by atoms with E-state index in [0.29, 0.717) is 47.6 Å². The van der Waals surface area contributed by atoms with Crippen LogP contribution in [0.2, 0.25) is 10.0 Å². The van der Waals surface area contributed by atoms with Crippen molar-refractivity contribution >= 4 is 44.6 Å². The van der Waals surface area contributed by atoms with E-state index in [1.807, 2.05) is 6.07 Å². The molecule has 2 aromatic rings. The van der Waals surface area contributed by atoms with E-state index in [4.69, 9.17) is 27.9 Å². The molecular formula is C17H18Cl2N2O3S. The number of halogens is 2. The molecule has 0 aromatic heterocycles. The number of anilines is 2.